The van der Waals surface area contributed by atoms with Crippen LogP contribution in [0.15, 0.2) is 36.5 Å². The van der Waals surface area contributed by atoms with Crippen LogP contribution in [0.2, 0.25) is 0 Å². The highest BCUT2D eigenvalue weighted by Gasteiger charge is 2.23. The second-order valence-electron chi connectivity index (χ2n) is 4.96. The first kappa shape index (κ1) is 14.8. The van der Waals surface area contributed by atoms with E-state index in [2.05, 4.69) is 29.4 Å². The summed E-state index contributed by atoms with van der Waals surface area (Å²) >= 11 is 0. The molecule has 0 saturated carbocycles. The second kappa shape index (κ2) is 7.25. The number of pyridine rings is 1. The lowest BCUT2D eigenvalue weighted by Crippen LogP contribution is -2.41. The minimum Gasteiger partial charge on any atom is -0.488 e. The van der Waals surface area contributed by atoms with E-state index in [1.165, 1.54) is 0 Å². The number of hydrogen-bond acceptors (Lipinski definition) is 3. The van der Waals surface area contributed by atoms with Crippen molar-refractivity contribution < 1.29 is 4.74 Å². The van der Waals surface area contributed by atoms with Crippen molar-refractivity contribution in [1.82, 2.24) is 10.3 Å². The summed E-state index contributed by atoms with van der Waals surface area (Å²) in [6.45, 7) is 8.30. The molecular formula is C17H24N2O. The van der Waals surface area contributed by atoms with E-state index in [-0.39, 0.29) is 0 Å². The van der Waals surface area contributed by atoms with Gasteiger partial charge in [-0.25, -0.2) is 0 Å². The van der Waals surface area contributed by atoms with Crippen LogP contribution in [0.4, 0.5) is 0 Å². The van der Waals surface area contributed by atoms with E-state index in [9.17, 15) is 0 Å². The van der Waals surface area contributed by atoms with Crippen LogP contribution in [0.25, 0.3) is 10.9 Å². The number of aromatic nitrogens is 1. The highest BCUT2D eigenvalue weighted by molar-refractivity contribution is 5.84. The Hall–Kier alpha value is -1.61. The van der Waals surface area contributed by atoms with Crippen molar-refractivity contribution in [3.8, 4) is 5.75 Å². The maximum atomic E-state index is 6.18. The molecule has 3 heteroatoms. The molecule has 0 amide bonds. The maximum absolute atomic E-state index is 6.18. The molecular weight excluding hydrogens is 248 g/mol. The Morgan fingerprint density at radius 3 is 2.80 bits per heavy atom. The van der Waals surface area contributed by atoms with Crippen molar-refractivity contribution in [2.75, 3.05) is 13.1 Å². The topological polar surface area (TPSA) is 34.1 Å². The summed E-state index contributed by atoms with van der Waals surface area (Å²) in [6, 6.07) is 10.1. The molecule has 0 spiro atoms. The van der Waals surface area contributed by atoms with Gasteiger partial charge in [-0.15, -0.1) is 0 Å². The molecule has 1 aromatic carbocycles. The van der Waals surface area contributed by atoms with Gasteiger partial charge in [0.15, 0.2) is 0 Å². The van der Waals surface area contributed by atoms with Gasteiger partial charge in [0.05, 0.1) is 0 Å². The Morgan fingerprint density at radius 1 is 1.20 bits per heavy atom. The molecule has 1 aromatic heterocycles. The third-order valence-corrected chi connectivity index (χ3v) is 3.58. The van der Waals surface area contributed by atoms with E-state index in [1.54, 1.807) is 0 Å². The molecule has 3 nitrogen and oxygen atoms in total. The minimum atomic E-state index is 0.291. The Labute approximate surface area is 121 Å². The van der Waals surface area contributed by atoms with Gasteiger partial charge in [0, 0.05) is 24.0 Å². The zero-order valence-corrected chi connectivity index (χ0v) is 12.6. The number of piperidine rings is 1. The molecule has 3 rings (SSSR count). The first-order valence-electron chi connectivity index (χ1n) is 7.56. The van der Waals surface area contributed by atoms with Gasteiger partial charge in [0.1, 0.15) is 17.4 Å². The third kappa shape index (κ3) is 3.28. The zero-order valence-electron chi connectivity index (χ0n) is 12.6. The highest BCUT2D eigenvalue weighted by atomic mass is 16.5. The van der Waals surface area contributed by atoms with Gasteiger partial charge in [-0.05, 0) is 25.1 Å². The van der Waals surface area contributed by atoms with Crippen LogP contribution in [-0.2, 0) is 0 Å². The van der Waals surface area contributed by atoms with Crippen molar-refractivity contribution in [2.45, 2.75) is 33.3 Å². The van der Waals surface area contributed by atoms with Crippen molar-refractivity contribution in [3.05, 3.63) is 36.5 Å². The van der Waals surface area contributed by atoms with Crippen LogP contribution in [0, 0.1) is 5.92 Å². The van der Waals surface area contributed by atoms with Crippen LogP contribution in [0.1, 0.15) is 27.2 Å². The standard InChI is InChI=1S/C15H18N2O.C2H6/c1-11-10-16-9-7-13(11)18-14-6-2-4-12-5-3-8-17-15(12)14;1-2/h2-6,8,11,13,16H,7,9-10H2,1H3;1-2H3. The van der Waals surface area contributed by atoms with Gasteiger partial charge in [-0.3, -0.25) is 4.98 Å². The van der Waals surface area contributed by atoms with E-state index in [0.29, 0.717) is 12.0 Å². The summed E-state index contributed by atoms with van der Waals surface area (Å²) in [6.07, 6.45) is 3.17. The van der Waals surface area contributed by atoms with Gasteiger partial charge >= 0.3 is 0 Å². The number of nitrogens with one attached hydrogen (secondary N) is 1. The van der Waals surface area contributed by atoms with Gasteiger partial charge in [0.2, 0.25) is 0 Å². The number of ether oxygens (including phenoxy) is 1. The van der Waals surface area contributed by atoms with Crippen LogP contribution >= 0.6 is 0 Å². The predicted molar refractivity (Wildman–Crippen MR) is 84.2 cm³/mol. The number of rotatable bonds is 2. The number of para-hydroxylation sites is 1. The van der Waals surface area contributed by atoms with Gasteiger partial charge in [-0.1, -0.05) is 39.0 Å². The van der Waals surface area contributed by atoms with Crippen LogP contribution in [-0.4, -0.2) is 24.2 Å². The summed E-state index contributed by atoms with van der Waals surface area (Å²) in [5.41, 5.74) is 0.964. The zero-order chi connectivity index (χ0) is 14.4. The van der Waals surface area contributed by atoms with Crippen LogP contribution in [0.5, 0.6) is 5.75 Å². The van der Waals surface area contributed by atoms with Crippen LogP contribution in [0.3, 0.4) is 0 Å². The summed E-state index contributed by atoms with van der Waals surface area (Å²) in [4.78, 5) is 4.43. The molecule has 0 aliphatic carbocycles. The fourth-order valence-electron chi connectivity index (χ4n) is 2.50. The maximum Gasteiger partial charge on any atom is 0.145 e. The van der Waals surface area contributed by atoms with Crippen molar-refractivity contribution in [2.24, 2.45) is 5.92 Å². The average Bonchev–Trinajstić information content (AvgIpc) is 2.52. The van der Waals surface area contributed by atoms with Gasteiger partial charge in [0.25, 0.3) is 0 Å². The Morgan fingerprint density at radius 2 is 2.00 bits per heavy atom. The number of nitrogens with zero attached hydrogens (tertiary/aromatic N) is 1. The molecule has 2 atom stereocenters. The average molecular weight is 272 g/mol. The molecule has 1 N–H and O–H groups in total. The first-order valence-corrected chi connectivity index (χ1v) is 7.56. The SMILES string of the molecule is CC.CC1CNCCC1Oc1cccc2cccnc12. The number of benzene rings is 1. The molecule has 1 aliphatic heterocycles. The quantitative estimate of drug-likeness (QED) is 0.906. The van der Waals surface area contributed by atoms with E-state index < -0.39 is 0 Å². The first-order chi connectivity index (χ1) is 9.84. The van der Waals surface area contributed by atoms with E-state index in [0.717, 1.165) is 36.2 Å². The predicted octanol–water partition coefficient (Wildman–Crippen LogP) is 3.64. The molecule has 108 valence electrons. The molecule has 1 saturated heterocycles. The largest absolute Gasteiger partial charge is 0.488 e. The summed E-state index contributed by atoms with van der Waals surface area (Å²) in [7, 11) is 0. The lowest BCUT2D eigenvalue weighted by molar-refractivity contribution is 0.113. The van der Waals surface area contributed by atoms with E-state index in [4.69, 9.17) is 4.74 Å². The molecule has 1 aliphatic rings. The third-order valence-electron chi connectivity index (χ3n) is 3.58. The fourth-order valence-corrected chi connectivity index (χ4v) is 2.50. The summed E-state index contributed by atoms with van der Waals surface area (Å²) in [5, 5.41) is 4.53. The Bertz CT molecular complexity index is 536. The second-order valence-corrected chi connectivity index (χ2v) is 4.96. The normalized spacial score (nSPS) is 21.9. The fraction of sp³-hybridized carbons (Fsp3) is 0.471. The molecule has 0 bridgehead atoms. The van der Waals surface area contributed by atoms with Crippen molar-refractivity contribution in [1.29, 1.82) is 0 Å². The van der Waals surface area contributed by atoms with Crippen molar-refractivity contribution >= 4 is 10.9 Å². The molecule has 1 fully saturated rings. The monoisotopic (exact) mass is 272 g/mol. The number of fused-ring (bicyclic) bond motifs is 1. The minimum absolute atomic E-state index is 0.291. The highest BCUT2D eigenvalue weighted by Crippen LogP contribution is 2.26. The molecule has 2 unspecified atom stereocenters. The van der Waals surface area contributed by atoms with Crippen molar-refractivity contribution in [3.63, 3.8) is 0 Å². The summed E-state index contributed by atoms with van der Waals surface area (Å²) in [5.74, 6) is 1.45. The summed E-state index contributed by atoms with van der Waals surface area (Å²) < 4.78 is 6.18. The number of hydrogen-bond donors (Lipinski definition) is 1. The lowest BCUT2D eigenvalue weighted by Gasteiger charge is -2.30. The smallest absolute Gasteiger partial charge is 0.145 e. The molecule has 2 aromatic rings. The van der Waals surface area contributed by atoms with E-state index >= 15 is 0 Å². The molecule has 0 radical (unpaired) electrons. The van der Waals surface area contributed by atoms with Gasteiger partial charge in [-0.2, -0.15) is 0 Å². The van der Waals surface area contributed by atoms with E-state index in [1.807, 2.05) is 38.2 Å². The lowest BCUT2D eigenvalue weighted by atomic mass is 9.98. The van der Waals surface area contributed by atoms with Gasteiger partial charge < -0.3 is 10.1 Å². The Kier molecular flexibility index (Phi) is 5.36. The molecule has 2 heterocycles. The van der Waals surface area contributed by atoms with Crippen LogP contribution < -0.4 is 10.1 Å². The Balaban J connectivity index is 0.000000704. The molecule has 20 heavy (non-hydrogen) atoms.